The SMILES string of the molecule is O=C1COCC2CCCC2N1. The fourth-order valence-electron chi connectivity index (χ4n) is 1.98. The van der Waals surface area contributed by atoms with Crippen molar-refractivity contribution >= 4 is 5.91 Å². The Morgan fingerprint density at radius 3 is 3.27 bits per heavy atom. The Balaban J connectivity index is 2.03. The van der Waals surface area contributed by atoms with Gasteiger partial charge in [-0.1, -0.05) is 6.42 Å². The first-order valence-corrected chi connectivity index (χ1v) is 4.23. The predicted octanol–water partition coefficient (Wildman–Crippen LogP) is 0.301. The van der Waals surface area contributed by atoms with E-state index in [9.17, 15) is 4.79 Å². The predicted molar refractivity (Wildman–Crippen MR) is 40.1 cm³/mol. The van der Waals surface area contributed by atoms with Crippen molar-refractivity contribution in [2.24, 2.45) is 5.92 Å². The van der Waals surface area contributed by atoms with Crippen LogP contribution in [0.25, 0.3) is 0 Å². The lowest BCUT2D eigenvalue weighted by molar-refractivity contribution is -0.124. The first-order valence-electron chi connectivity index (χ1n) is 4.23. The Labute approximate surface area is 66.1 Å². The quantitative estimate of drug-likeness (QED) is 0.546. The number of ether oxygens (including phenoxy) is 1. The zero-order valence-electron chi connectivity index (χ0n) is 6.51. The van der Waals surface area contributed by atoms with Crippen molar-refractivity contribution in [2.75, 3.05) is 13.2 Å². The van der Waals surface area contributed by atoms with Crippen LogP contribution in [0.1, 0.15) is 19.3 Å². The molecule has 1 aliphatic carbocycles. The first kappa shape index (κ1) is 7.10. The van der Waals surface area contributed by atoms with Crippen molar-refractivity contribution in [1.29, 1.82) is 0 Å². The van der Waals surface area contributed by atoms with E-state index >= 15 is 0 Å². The molecule has 1 N–H and O–H groups in total. The molecule has 0 aromatic heterocycles. The minimum absolute atomic E-state index is 0.0550. The van der Waals surface area contributed by atoms with Crippen LogP contribution in [0.4, 0.5) is 0 Å². The molecule has 2 atom stereocenters. The van der Waals surface area contributed by atoms with E-state index in [1.54, 1.807) is 0 Å². The maximum absolute atomic E-state index is 11.0. The van der Waals surface area contributed by atoms with Gasteiger partial charge >= 0.3 is 0 Å². The second-order valence-corrected chi connectivity index (χ2v) is 3.38. The van der Waals surface area contributed by atoms with Crippen LogP contribution in [0.5, 0.6) is 0 Å². The Morgan fingerprint density at radius 1 is 1.45 bits per heavy atom. The summed E-state index contributed by atoms with van der Waals surface area (Å²) in [6.45, 7) is 1.02. The summed E-state index contributed by atoms with van der Waals surface area (Å²) >= 11 is 0. The molecule has 3 nitrogen and oxygen atoms in total. The van der Waals surface area contributed by atoms with Crippen LogP contribution in [0.3, 0.4) is 0 Å². The number of hydrogen-bond acceptors (Lipinski definition) is 2. The van der Waals surface area contributed by atoms with Gasteiger partial charge in [0.15, 0.2) is 0 Å². The highest BCUT2D eigenvalue weighted by atomic mass is 16.5. The zero-order valence-corrected chi connectivity index (χ0v) is 6.51. The molecule has 1 saturated heterocycles. The summed E-state index contributed by atoms with van der Waals surface area (Å²) in [4.78, 5) is 11.0. The lowest BCUT2D eigenvalue weighted by Crippen LogP contribution is -2.36. The highest BCUT2D eigenvalue weighted by molar-refractivity contribution is 5.77. The van der Waals surface area contributed by atoms with Gasteiger partial charge in [0.1, 0.15) is 6.61 Å². The Morgan fingerprint density at radius 2 is 2.36 bits per heavy atom. The number of fused-ring (bicyclic) bond motifs is 1. The fourth-order valence-corrected chi connectivity index (χ4v) is 1.98. The first-order chi connectivity index (χ1) is 5.36. The molecule has 1 heterocycles. The van der Waals surface area contributed by atoms with E-state index in [1.165, 1.54) is 12.8 Å². The summed E-state index contributed by atoms with van der Waals surface area (Å²) in [5.41, 5.74) is 0. The maximum atomic E-state index is 11.0. The monoisotopic (exact) mass is 155 g/mol. The summed E-state index contributed by atoms with van der Waals surface area (Å²) in [6.07, 6.45) is 3.59. The van der Waals surface area contributed by atoms with Gasteiger partial charge in [-0.05, 0) is 12.8 Å². The van der Waals surface area contributed by atoms with Gasteiger partial charge in [-0.2, -0.15) is 0 Å². The van der Waals surface area contributed by atoms with Gasteiger partial charge in [-0.15, -0.1) is 0 Å². The zero-order chi connectivity index (χ0) is 7.68. The highest BCUT2D eigenvalue weighted by Gasteiger charge is 2.30. The standard InChI is InChI=1S/C8H13NO2/c10-8-5-11-4-6-2-1-3-7(6)9-8/h6-7H,1-5H2,(H,9,10). The molecule has 62 valence electrons. The number of amides is 1. The van der Waals surface area contributed by atoms with E-state index in [-0.39, 0.29) is 12.5 Å². The van der Waals surface area contributed by atoms with Crippen LogP contribution < -0.4 is 5.32 Å². The average Bonchev–Trinajstić information content (AvgIpc) is 2.31. The van der Waals surface area contributed by atoms with E-state index < -0.39 is 0 Å². The number of carbonyl (C=O) groups excluding carboxylic acids is 1. The van der Waals surface area contributed by atoms with Crippen LogP contribution in [-0.4, -0.2) is 25.2 Å². The van der Waals surface area contributed by atoms with Crippen molar-refractivity contribution in [1.82, 2.24) is 5.32 Å². The molecule has 0 radical (unpaired) electrons. The van der Waals surface area contributed by atoms with Gasteiger partial charge in [0.2, 0.25) is 5.91 Å². The third-order valence-electron chi connectivity index (χ3n) is 2.57. The molecule has 3 heteroatoms. The third kappa shape index (κ3) is 1.38. The van der Waals surface area contributed by atoms with Gasteiger partial charge in [0.05, 0.1) is 6.61 Å². The van der Waals surface area contributed by atoms with Crippen LogP contribution >= 0.6 is 0 Å². The van der Waals surface area contributed by atoms with Crippen molar-refractivity contribution in [2.45, 2.75) is 25.3 Å². The van der Waals surface area contributed by atoms with Crippen LogP contribution in [0, 0.1) is 5.92 Å². The molecule has 1 amide bonds. The molecule has 0 aromatic carbocycles. The van der Waals surface area contributed by atoms with Crippen LogP contribution in [0.15, 0.2) is 0 Å². The summed E-state index contributed by atoms with van der Waals surface area (Å²) in [5.74, 6) is 0.640. The Bertz CT molecular complexity index is 169. The van der Waals surface area contributed by atoms with E-state index in [1.807, 2.05) is 0 Å². The van der Waals surface area contributed by atoms with E-state index in [0.717, 1.165) is 13.0 Å². The lowest BCUT2D eigenvalue weighted by atomic mass is 10.1. The highest BCUT2D eigenvalue weighted by Crippen LogP contribution is 2.26. The molecule has 0 aromatic rings. The molecule has 2 rings (SSSR count). The number of rotatable bonds is 0. The van der Waals surface area contributed by atoms with Crippen LogP contribution in [-0.2, 0) is 9.53 Å². The summed E-state index contributed by atoms with van der Waals surface area (Å²) < 4.78 is 5.21. The molecule has 2 fully saturated rings. The second-order valence-electron chi connectivity index (χ2n) is 3.38. The normalized spacial score (nSPS) is 37.6. The lowest BCUT2D eigenvalue weighted by Gasteiger charge is -2.14. The van der Waals surface area contributed by atoms with Gasteiger partial charge in [0, 0.05) is 12.0 Å². The molecule has 11 heavy (non-hydrogen) atoms. The molecule has 0 bridgehead atoms. The van der Waals surface area contributed by atoms with Crippen molar-refractivity contribution in [3.05, 3.63) is 0 Å². The second kappa shape index (κ2) is 2.81. The molecule has 2 aliphatic rings. The van der Waals surface area contributed by atoms with E-state index in [4.69, 9.17) is 4.74 Å². The minimum atomic E-state index is 0.0550. The third-order valence-corrected chi connectivity index (χ3v) is 2.57. The smallest absolute Gasteiger partial charge is 0.246 e. The number of carbonyl (C=O) groups is 1. The largest absolute Gasteiger partial charge is 0.371 e. The summed E-state index contributed by atoms with van der Waals surface area (Å²) in [7, 11) is 0. The minimum Gasteiger partial charge on any atom is -0.371 e. The van der Waals surface area contributed by atoms with Crippen molar-refractivity contribution in [3.63, 3.8) is 0 Å². The Hall–Kier alpha value is -0.570. The molecular weight excluding hydrogens is 142 g/mol. The molecule has 1 aliphatic heterocycles. The number of nitrogens with one attached hydrogen (secondary N) is 1. The average molecular weight is 155 g/mol. The van der Waals surface area contributed by atoms with Gasteiger partial charge in [-0.3, -0.25) is 4.79 Å². The molecule has 0 spiro atoms. The van der Waals surface area contributed by atoms with Gasteiger partial charge in [0.25, 0.3) is 0 Å². The van der Waals surface area contributed by atoms with E-state index in [0.29, 0.717) is 12.0 Å². The van der Waals surface area contributed by atoms with Gasteiger partial charge in [-0.25, -0.2) is 0 Å². The maximum Gasteiger partial charge on any atom is 0.246 e. The van der Waals surface area contributed by atoms with Gasteiger partial charge < -0.3 is 10.1 Å². The topological polar surface area (TPSA) is 38.3 Å². The molecular formula is C8H13NO2. The van der Waals surface area contributed by atoms with Crippen molar-refractivity contribution in [3.8, 4) is 0 Å². The fraction of sp³-hybridized carbons (Fsp3) is 0.875. The Kier molecular flexibility index (Phi) is 1.82. The van der Waals surface area contributed by atoms with Crippen LogP contribution in [0.2, 0.25) is 0 Å². The molecule has 2 unspecified atom stereocenters. The number of hydrogen-bond donors (Lipinski definition) is 1. The summed E-state index contributed by atoms with van der Waals surface area (Å²) in [5, 5.41) is 2.98. The van der Waals surface area contributed by atoms with E-state index in [2.05, 4.69) is 5.32 Å². The molecule has 1 saturated carbocycles. The summed E-state index contributed by atoms with van der Waals surface area (Å²) in [6, 6.07) is 0.407. The van der Waals surface area contributed by atoms with Crippen molar-refractivity contribution < 1.29 is 9.53 Å².